The van der Waals surface area contributed by atoms with Crippen molar-refractivity contribution in [2.45, 2.75) is 71.6 Å². The second kappa shape index (κ2) is 13.0. The molecule has 0 amide bonds. The van der Waals surface area contributed by atoms with Crippen LogP contribution in [0, 0.1) is 5.92 Å². The molecular formula is C33H39NO5. The smallest absolute Gasteiger partial charge is 0.343 e. The van der Waals surface area contributed by atoms with E-state index < -0.39 is 5.97 Å². The minimum Gasteiger partial charge on any atom is -0.426 e. The Morgan fingerprint density at radius 1 is 0.897 bits per heavy atom. The molecule has 0 radical (unpaired) electrons. The van der Waals surface area contributed by atoms with E-state index >= 15 is 0 Å². The van der Waals surface area contributed by atoms with Gasteiger partial charge in [-0.2, -0.15) is 0 Å². The van der Waals surface area contributed by atoms with Gasteiger partial charge in [-0.05, 0) is 101 Å². The fourth-order valence-corrected chi connectivity index (χ4v) is 4.98. The highest BCUT2D eigenvalue weighted by atomic mass is 16.5. The van der Waals surface area contributed by atoms with E-state index in [-0.39, 0.29) is 24.4 Å². The minimum absolute atomic E-state index is 0.000621. The molecule has 6 heteroatoms. The summed E-state index contributed by atoms with van der Waals surface area (Å²) in [5.41, 5.74) is 3.11. The van der Waals surface area contributed by atoms with Crippen molar-refractivity contribution in [2.75, 3.05) is 6.54 Å². The average Bonchev–Trinajstić information content (AvgIpc) is 3.78. The molecule has 0 unspecified atom stereocenters. The molecule has 3 aromatic rings. The number of esters is 2. The zero-order valence-electron chi connectivity index (χ0n) is 23.3. The summed E-state index contributed by atoms with van der Waals surface area (Å²) in [5, 5.41) is 9.90. The van der Waals surface area contributed by atoms with Crippen LogP contribution in [0.2, 0.25) is 0 Å². The SMILES string of the molecule is CC(C)N(CC[C@H](c1ccccc1)c1cc(CO)ccc1OC(=O)c1ccc(OC(=O)C2CC2)cc1)C(C)C. The Bertz CT molecular complexity index is 1240. The Kier molecular flexibility index (Phi) is 9.54. The lowest BCUT2D eigenvalue weighted by Crippen LogP contribution is -2.38. The normalized spacial score (nSPS) is 14.1. The van der Waals surface area contributed by atoms with Gasteiger partial charge in [-0.25, -0.2) is 4.79 Å². The molecule has 1 aliphatic carbocycles. The lowest BCUT2D eigenvalue weighted by atomic mass is 9.86. The summed E-state index contributed by atoms with van der Waals surface area (Å²) in [4.78, 5) is 27.6. The number of rotatable bonds is 12. The van der Waals surface area contributed by atoms with E-state index in [9.17, 15) is 14.7 Å². The first-order chi connectivity index (χ1) is 18.8. The van der Waals surface area contributed by atoms with Crippen molar-refractivity contribution in [3.63, 3.8) is 0 Å². The highest BCUT2D eigenvalue weighted by Gasteiger charge is 2.31. The van der Waals surface area contributed by atoms with Gasteiger partial charge in [0.1, 0.15) is 11.5 Å². The maximum Gasteiger partial charge on any atom is 0.343 e. The Morgan fingerprint density at radius 3 is 2.15 bits per heavy atom. The van der Waals surface area contributed by atoms with Crippen LogP contribution in [-0.4, -0.2) is 40.6 Å². The van der Waals surface area contributed by atoms with E-state index in [2.05, 4.69) is 44.7 Å². The predicted molar refractivity (Wildman–Crippen MR) is 152 cm³/mol. The summed E-state index contributed by atoms with van der Waals surface area (Å²) in [7, 11) is 0. The van der Waals surface area contributed by atoms with Crippen LogP contribution in [0.1, 0.15) is 79.9 Å². The van der Waals surface area contributed by atoms with Crippen molar-refractivity contribution in [3.05, 3.63) is 95.1 Å². The predicted octanol–water partition coefficient (Wildman–Crippen LogP) is 6.35. The van der Waals surface area contributed by atoms with E-state index in [1.54, 1.807) is 36.4 Å². The van der Waals surface area contributed by atoms with Gasteiger partial charge in [-0.1, -0.05) is 36.4 Å². The van der Waals surface area contributed by atoms with E-state index in [1.165, 1.54) is 0 Å². The minimum atomic E-state index is -0.495. The molecule has 3 aromatic carbocycles. The number of ether oxygens (including phenoxy) is 2. The van der Waals surface area contributed by atoms with E-state index in [0.29, 0.717) is 29.1 Å². The molecule has 1 atom stereocenters. The van der Waals surface area contributed by atoms with Crippen LogP contribution >= 0.6 is 0 Å². The molecule has 1 saturated carbocycles. The lowest BCUT2D eigenvalue weighted by molar-refractivity contribution is -0.135. The second-order valence-electron chi connectivity index (χ2n) is 10.8. The summed E-state index contributed by atoms with van der Waals surface area (Å²) < 4.78 is 11.3. The quantitative estimate of drug-likeness (QED) is 0.218. The van der Waals surface area contributed by atoms with Gasteiger partial charge in [-0.15, -0.1) is 0 Å². The van der Waals surface area contributed by atoms with Crippen LogP contribution in [0.25, 0.3) is 0 Å². The first-order valence-corrected chi connectivity index (χ1v) is 13.8. The van der Waals surface area contributed by atoms with Gasteiger partial charge in [-0.3, -0.25) is 9.69 Å². The first kappa shape index (κ1) is 28.5. The molecular weight excluding hydrogens is 490 g/mol. The van der Waals surface area contributed by atoms with Crippen molar-refractivity contribution in [1.82, 2.24) is 4.90 Å². The van der Waals surface area contributed by atoms with Gasteiger partial charge >= 0.3 is 11.9 Å². The van der Waals surface area contributed by atoms with Crippen molar-refractivity contribution in [1.29, 1.82) is 0 Å². The number of aliphatic hydroxyl groups excluding tert-OH is 1. The van der Waals surface area contributed by atoms with Gasteiger partial charge in [0.25, 0.3) is 0 Å². The zero-order valence-corrected chi connectivity index (χ0v) is 23.3. The van der Waals surface area contributed by atoms with Crippen LogP contribution in [0.15, 0.2) is 72.8 Å². The molecule has 0 heterocycles. The third-order valence-electron chi connectivity index (χ3n) is 7.26. The van der Waals surface area contributed by atoms with E-state index in [0.717, 1.165) is 42.5 Å². The molecule has 0 spiro atoms. The van der Waals surface area contributed by atoms with Crippen molar-refractivity contribution in [3.8, 4) is 11.5 Å². The number of aliphatic hydroxyl groups is 1. The van der Waals surface area contributed by atoms with Gasteiger partial charge < -0.3 is 14.6 Å². The number of benzene rings is 3. The van der Waals surface area contributed by atoms with Gasteiger partial charge in [0.05, 0.1) is 18.1 Å². The molecule has 206 valence electrons. The highest BCUT2D eigenvalue weighted by Crippen LogP contribution is 2.36. The molecule has 1 N–H and O–H groups in total. The van der Waals surface area contributed by atoms with Crippen LogP contribution in [0.5, 0.6) is 11.5 Å². The average molecular weight is 530 g/mol. The van der Waals surface area contributed by atoms with E-state index in [1.807, 2.05) is 24.3 Å². The standard InChI is InChI=1S/C33H39NO5/c1-22(2)34(23(3)4)19-18-29(25-8-6-5-7-9-25)30-20-24(21-35)10-17-31(30)39-33(37)27-13-15-28(16-14-27)38-32(36)26-11-12-26/h5-10,13-17,20,22-23,26,29,35H,11-12,18-19,21H2,1-4H3/t29-/m1/s1. The van der Waals surface area contributed by atoms with E-state index in [4.69, 9.17) is 9.47 Å². The Balaban J connectivity index is 1.60. The summed E-state index contributed by atoms with van der Waals surface area (Å²) in [6.45, 7) is 9.58. The number of carbonyl (C=O) groups is 2. The van der Waals surface area contributed by atoms with Crippen molar-refractivity contribution >= 4 is 11.9 Å². The molecule has 0 bridgehead atoms. The third-order valence-corrected chi connectivity index (χ3v) is 7.26. The summed E-state index contributed by atoms with van der Waals surface area (Å²) in [6, 6.07) is 23.0. The van der Waals surface area contributed by atoms with Crippen LogP contribution < -0.4 is 9.47 Å². The highest BCUT2D eigenvalue weighted by molar-refractivity contribution is 5.91. The maximum atomic E-state index is 13.2. The molecule has 0 aliphatic heterocycles. The second-order valence-corrected chi connectivity index (χ2v) is 10.8. The summed E-state index contributed by atoms with van der Waals surface area (Å²) in [5.74, 6) is 0.131. The number of hydrogen-bond donors (Lipinski definition) is 1. The largest absolute Gasteiger partial charge is 0.426 e. The lowest BCUT2D eigenvalue weighted by Gasteiger charge is -2.32. The van der Waals surface area contributed by atoms with Crippen molar-refractivity contribution < 1.29 is 24.2 Å². The molecule has 0 aromatic heterocycles. The molecule has 4 rings (SSSR count). The third kappa shape index (κ3) is 7.55. The van der Waals surface area contributed by atoms with Gasteiger partial charge in [0, 0.05) is 23.6 Å². The van der Waals surface area contributed by atoms with Crippen molar-refractivity contribution in [2.24, 2.45) is 5.92 Å². The molecule has 0 saturated heterocycles. The number of carbonyl (C=O) groups excluding carboxylic acids is 2. The van der Waals surface area contributed by atoms with Crippen LogP contribution in [0.3, 0.4) is 0 Å². The van der Waals surface area contributed by atoms with Gasteiger partial charge in [0.2, 0.25) is 0 Å². The molecule has 1 fully saturated rings. The maximum absolute atomic E-state index is 13.2. The first-order valence-electron chi connectivity index (χ1n) is 13.8. The van der Waals surface area contributed by atoms with Gasteiger partial charge in [0.15, 0.2) is 0 Å². The molecule has 1 aliphatic rings. The number of hydrogen-bond acceptors (Lipinski definition) is 6. The Labute approximate surface area is 231 Å². The Morgan fingerprint density at radius 2 is 1.56 bits per heavy atom. The molecule has 6 nitrogen and oxygen atoms in total. The Hall–Kier alpha value is -3.48. The topological polar surface area (TPSA) is 76.1 Å². The fraction of sp³-hybridized carbons (Fsp3) is 0.394. The zero-order chi connectivity index (χ0) is 27.9. The van der Waals surface area contributed by atoms with Crippen LogP contribution in [0.4, 0.5) is 0 Å². The summed E-state index contributed by atoms with van der Waals surface area (Å²) in [6.07, 6.45) is 2.57. The summed E-state index contributed by atoms with van der Waals surface area (Å²) >= 11 is 0. The number of nitrogens with zero attached hydrogens (tertiary/aromatic N) is 1. The van der Waals surface area contributed by atoms with Crippen LogP contribution in [-0.2, 0) is 11.4 Å². The molecule has 39 heavy (non-hydrogen) atoms. The monoisotopic (exact) mass is 529 g/mol. The fourth-order valence-electron chi connectivity index (χ4n) is 4.98.